The second-order valence-corrected chi connectivity index (χ2v) is 11.1. The van der Waals surface area contributed by atoms with Gasteiger partial charge in [-0.3, -0.25) is 9.58 Å². The number of nitrogens with zero attached hydrogens (tertiary/aromatic N) is 3. The van der Waals surface area contributed by atoms with E-state index in [1.807, 2.05) is 12.1 Å². The highest BCUT2D eigenvalue weighted by Gasteiger charge is 2.65. The lowest BCUT2D eigenvalue weighted by Crippen LogP contribution is -2.74. The summed E-state index contributed by atoms with van der Waals surface area (Å²) in [6.07, 6.45) is 9.80. The van der Waals surface area contributed by atoms with Gasteiger partial charge in [0.2, 0.25) is 0 Å². The Kier molecular flexibility index (Phi) is 3.70. The molecule has 3 fully saturated rings. The van der Waals surface area contributed by atoms with Crippen molar-refractivity contribution in [2.24, 2.45) is 5.92 Å². The van der Waals surface area contributed by atoms with Crippen LogP contribution in [0.1, 0.15) is 72.6 Å². The van der Waals surface area contributed by atoms with Gasteiger partial charge < -0.3 is 10.2 Å². The average molecular weight is 420 g/mol. The molecular weight excluding hydrogens is 386 g/mol. The smallest absolute Gasteiger partial charge is 0.115 e. The van der Waals surface area contributed by atoms with E-state index in [1.165, 1.54) is 54.5 Å². The molecule has 0 radical (unpaired) electrons. The van der Waals surface area contributed by atoms with E-state index in [-0.39, 0.29) is 11.5 Å². The second kappa shape index (κ2) is 6.14. The summed E-state index contributed by atoms with van der Waals surface area (Å²) < 4.78 is 2.32. The molecule has 0 spiro atoms. The molecule has 5 aliphatic rings. The second-order valence-electron chi connectivity index (χ2n) is 11.1. The lowest BCUT2D eigenvalue weighted by atomic mass is 9.49. The van der Waals surface area contributed by atoms with Crippen molar-refractivity contribution >= 4 is 0 Å². The van der Waals surface area contributed by atoms with Crippen LogP contribution in [-0.2, 0) is 24.7 Å². The van der Waals surface area contributed by atoms with Crippen molar-refractivity contribution in [1.29, 1.82) is 0 Å². The summed E-state index contributed by atoms with van der Waals surface area (Å²) in [5, 5.41) is 28.1. The first-order valence-electron chi connectivity index (χ1n) is 12.3. The van der Waals surface area contributed by atoms with Crippen LogP contribution in [0.5, 0.6) is 5.75 Å². The van der Waals surface area contributed by atoms with Gasteiger partial charge in [0, 0.05) is 36.5 Å². The Balaban J connectivity index is 1.41. The minimum atomic E-state index is -0.799. The number of rotatable bonds is 3. The van der Waals surface area contributed by atoms with E-state index in [4.69, 9.17) is 5.10 Å². The Morgan fingerprint density at radius 1 is 1.16 bits per heavy atom. The third-order valence-corrected chi connectivity index (χ3v) is 9.51. The van der Waals surface area contributed by atoms with Crippen LogP contribution in [0.2, 0.25) is 0 Å². The summed E-state index contributed by atoms with van der Waals surface area (Å²) in [5.41, 5.74) is 5.16. The van der Waals surface area contributed by atoms with Crippen molar-refractivity contribution in [2.45, 2.75) is 87.8 Å². The highest BCUT2D eigenvalue weighted by Crippen LogP contribution is 2.58. The van der Waals surface area contributed by atoms with Gasteiger partial charge in [0.05, 0.1) is 17.3 Å². The van der Waals surface area contributed by atoms with Crippen LogP contribution in [0.25, 0.3) is 0 Å². The van der Waals surface area contributed by atoms with Gasteiger partial charge in [-0.05, 0) is 93.2 Å². The number of phenols is 1. The zero-order valence-corrected chi connectivity index (χ0v) is 18.5. The first-order valence-corrected chi connectivity index (χ1v) is 12.3. The Hall–Kier alpha value is -1.85. The maximum absolute atomic E-state index is 12.6. The van der Waals surface area contributed by atoms with Crippen LogP contribution in [0.15, 0.2) is 18.2 Å². The number of hydrogen-bond donors (Lipinski definition) is 2. The van der Waals surface area contributed by atoms with Gasteiger partial charge in [-0.1, -0.05) is 6.07 Å². The maximum atomic E-state index is 12.6. The van der Waals surface area contributed by atoms with E-state index in [0.717, 1.165) is 44.0 Å². The fraction of sp³-hybridized carbons (Fsp3) is 0.654. The highest BCUT2D eigenvalue weighted by atomic mass is 16.3. The molecule has 5 heteroatoms. The molecule has 0 unspecified atom stereocenters. The molecule has 0 amide bonds. The van der Waals surface area contributed by atoms with Crippen LogP contribution in [-0.4, -0.2) is 49.6 Å². The fourth-order valence-electron chi connectivity index (χ4n) is 7.40. The molecule has 2 N–H and O–H groups in total. The fourth-order valence-corrected chi connectivity index (χ4v) is 7.40. The zero-order chi connectivity index (χ0) is 21.0. The number of aliphatic hydroxyl groups is 1. The van der Waals surface area contributed by atoms with E-state index in [1.54, 1.807) is 0 Å². The van der Waals surface area contributed by atoms with E-state index in [9.17, 15) is 10.2 Å². The van der Waals surface area contributed by atoms with Gasteiger partial charge in [-0.2, -0.15) is 5.10 Å². The van der Waals surface area contributed by atoms with Crippen LogP contribution in [0.3, 0.4) is 0 Å². The molecular formula is C26H33N3O2. The molecule has 164 valence electrons. The molecule has 2 heterocycles. The van der Waals surface area contributed by atoms with Gasteiger partial charge in [-0.15, -0.1) is 0 Å². The van der Waals surface area contributed by atoms with Gasteiger partial charge in [0.25, 0.3) is 0 Å². The number of aryl methyl sites for hydroxylation is 1. The normalized spacial score (nSPS) is 34.6. The van der Waals surface area contributed by atoms with Crippen LogP contribution in [0.4, 0.5) is 0 Å². The quantitative estimate of drug-likeness (QED) is 0.800. The summed E-state index contributed by atoms with van der Waals surface area (Å²) in [6, 6.07) is 6.60. The predicted molar refractivity (Wildman–Crippen MR) is 118 cm³/mol. The molecule has 2 aromatic rings. The van der Waals surface area contributed by atoms with Crippen molar-refractivity contribution in [2.75, 3.05) is 13.1 Å². The van der Waals surface area contributed by atoms with Crippen molar-refractivity contribution in [1.82, 2.24) is 14.7 Å². The molecule has 31 heavy (non-hydrogen) atoms. The Morgan fingerprint density at radius 2 is 2.00 bits per heavy atom. The molecule has 4 aliphatic carbocycles. The van der Waals surface area contributed by atoms with Gasteiger partial charge >= 0.3 is 0 Å². The average Bonchev–Trinajstić information content (AvgIpc) is 3.47. The highest BCUT2D eigenvalue weighted by molar-refractivity contribution is 5.52. The lowest BCUT2D eigenvalue weighted by molar-refractivity contribution is -0.152. The van der Waals surface area contributed by atoms with E-state index < -0.39 is 5.60 Å². The van der Waals surface area contributed by atoms with Crippen molar-refractivity contribution < 1.29 is 10.2 Å². The van der Waals surface area contributed by atoms with E-state index >= 15 is 0 Å². The molecule has 7 rings (SSSR count). The van der Waals surface area contributed by atoms with E-state index in [0.29, 0.717) is 18.2 Å². The maximum Gasteiger partial charge on any atom is 0.115 e. The molecule has 3 atom stereocenters. The van der Waals surface area contributed by atoms with Crippen molar-refractivity contribution in [3.8, 4) is 5.75 Å². The van der Waals surface area contributed by atoms with Crippen LogP contribution >= 0.6 is 0 Å². The SMILES string of the molecule is Cc1nn(C2CCC2)c2c1C[C@@]1(O)[C@H]3Cc4ccc(O)cc4[C@@]1(CCN3CC1CC1)C2. The largest absolute Gasteiger partial charge is 0.508 e. The van der Waals surface area contributed by atoms with Crippen LogP contribution < -0.4 is 0 Å². The topological polar surface area (TPSA) is 61.5 Å². The number of likely N-dealkylation sites (tertiary alicyclic amines) is 1. The van der Waals surface area contributed by atoms with Crippen molar-refractivity contribution in [3.05, 3.63) is 46.3 Å². The Bertz CT molecular complexity index is 1070. The number of aromatic nitrogens is 2. The first-order chi connectivity index (χ1) is 15.0. The standard InChI is InChI=1S/C26H33N3O2/c1-16-21-13-26(31)24-11-18-7-8-20(30)12-22(18)25(26,9-10-28(24)15-17-5-6-17)14-23(21)29(27-16)19-3-2-4-19/h7-8,12,17,19,24,30-31H,2-6,9-11,13-15H2,1H3/t24-,25-,26-/m1/s1. The summed E-state index contributed by atoms with van der Waals surface area (Å²) in [5.74, 6) is 1.14. The molecule has 1 aromatic heterocycles. The molecule has 1 saturated heterocycles. The Labute approximate surface area is 184 Å². The minimum Gasteiger partial charge on any atom is -0.508 e. The number of hydrogen-bond acceptors (Lipinski definition) is 4. The number of aromatic hydroxyl groups is 1. The molecule has 2 bridgehead atoms. The molecule has 5 nitrogen and oxygen atoms in total. The van der Waals surface area contributed by atoms with Gasteiger partial charge in [0.15, 0.2) is 0 Å². The third-order valence-electron chi connectivity index (χ3n) is 9.51. The molecule has 1 aromatic carbocycles. The molecule has 1 aliphatic heterocycles. The third kappa shape index (κ3) is 2.42. The zero-order valence-electron chi connectivity index (χ0n) is 18.5. The summed E-state index contributed by atoms with van der Waals surface area (Å²) in [4.78, 5) is 2.61. The van der Waals surface area contributed by atoms with Gasteiger partial charge in [0.1, 0.15) is 5.75 Å². The van der Waals surface area contributed by atoms with E-state index in [2.05, 4.69) is 22.6 Å². The number of phenolic OH excluding ortho intramolecular Hbond substituents is 1. The predicted octanol–water partition coefficient (Wildman–Crippen LogP) is 3.43. The first kappa shape index (κ1) is 18.7. The monoisotopic (exact) mass is 419 g/mol. The molecule has 2 saturated carbocycles. The van der Waals surface area contributed by atoms with Gasteiger partial charge in [-0.25, -0.2) is 0 Å². The number of fused-ring (bicyclic) bond motifs is 2. The van der Waals surface area contributed by atoms with Crippen LogP contribution in [0, 0.1) is 12.8 Å². The van der Waals surface area contributed by atoms with Crippen molar-refractivity contribution in [3.63, 3.8) is 0 Å². The summed E-state index contributed by atoms with van der Waals surface area (Å²) in [6.45, 7) is 4.31. The summed E-state index contributed by atoms with van der Waals surface area (Å²) >= 11 is 0. The number of benzene rings is 1. The Morgan fingerprint density at radius 3 is 2.74 bits per heavy atom. The number of piperidine rings is 1. The summed E-state index contributed by atoms with van der Waals surface area (Å²) in [7, 11) is 0. The lowest BCUT2D eigenvalue weighted by Gasteiger charge is -2.63. The minimum absolute atomic E-state index is 0.151.